The van der Waals surface area contributed by atoms with E-state index in [1.54, 1.807) is 0 Å². The lowest BCUT2D eigenvalue weighted by Gasteiger charge is -2.35. The Morgan fingerprint density at radius 1 is 1.35 bits per heavy atom. The summed E-state index contributed by atoms with van der Waals surface area (Å²) in [5, 5.41) is 12.8. The Labute approximate surface area is 202 Å². The molecule has 3 heterocycles. The molecule has 5 nitrogen and oxygen atoms in total. The van der Waals surface area contributed by atoms with Crippen LogP contribution < -0.4 is 10.2 Å². The van der Waals surface area contributed by atoms with Crippen molar-refractivity contribution in [3.05, 3.63) is 78.2 Å². The van der Waals surface area contributed by atoms with Crippen LogP contribution >= 0.6 is 0 Å². The van der Waals surface area contributed by atoms with Crippen molar-refractivity contribution in [1.29, 1.82) is 5.26 Å². The van der Waals surface area contributed by atoms with Crippen LogP contribution in [0.4, 0.5) is 15.8 Å². The molecular formula is C28H34FN5. The first-order valence-electron chi connectivity index (χ1n) is 11.9. The number of nitriles is 1. The third kappa shape index (κ3) is 6.32. The summed E-state index contributed by atoms with van der Waals surface area (Å²) in [6, 6.07) is 8.22. The van der Waals surface area contributed by atoms with Crippen LogP contribution in [-0.4, -0.2) is 23.1 Å². The van der Waals surface area contributed by atoms with E-state index in [0.29, 0.717) is 11.5 Å². The number of aryl methyl sites for hydroxylation is 2. The summed E-state index contributed by atoms with van der Waals surface area (Å²) >= 11 is 0. The minimum Gasteiger partial charge on any atom is -0.370 e. The maximum atomic E-state index is 13.2. The standard InChI is InChI=1S/C28H34FN5/c1-6-26-25(8-7-11-31-26)22(5)33-27-18-32-21(4)16-28(27)34-12-9-23(10-13-34)14-19(2)24(17-30)15-20(3)29/h7-8,11,15-16,18-19,23,33H,3,5-6,9-10,12-14H2,1-2,4H3/b24-15-. The van der Waals surface area contributed by atoms with Crippen molar-refractivity contribution >= 4 is 17.1 Å². The zero-order valence-electron chi connectivity index (χ0n) is 20.4. The van der Waals surface area contributed by atoms with Crippen molar-refractivity contribution in [2.75, 3.05) is 23.3 Å². The Morgan fingerprint density at radius 3 is 2.74 bits per heavy atom. The Bertz CT molecular complexity index is 1110. The maximum Gasteiger partial charge on any atom is 0.117 e. The number of hydrogen-bond donors (Lipinski definition) is 1. The highest BCUT2D eigenvalue weighted by molar-refractivity contribution is 5.82. The fourth-order valence-electron chi connectivity index (χ4n) is 4.62. The molecule has 0 aliphatic carbocycles. The normalized spacial score (nSPS) is 15.5. The van der Waals surface area contributed by atoms with E-state index in [4.69, 9.17) is 0 Å². The van der Waals surface area contributed by atoms with E-state index in [1.807, 2.05) is 38.4 Å². The second-order valence-electron chi connectivity index (χ2n) is 9.02. The fourth-order valence-corrected chi connectivity index (χ4v) is 4.62. The number of pyridine rings is 2. The van der Waals surface area contributed by atoms with Gasteiger partial charge in [0.15, 0.2) is 0 Å². The number of hydrogen-bond acceptors (Lipinski definition) is 5. The van der Waals surface area contributed by atoms with Crippen molar-refractivity contribution < 1.29 is 4.39 Å². The van der Waals surface area contributed by atoms with Gasteiger partial charge >= 0.3 is 0 Å². The van der Waals surface area contributed by atoms with Gasteiger partial charge < -0.3 is 10.2 Å². The quantitative estimate of drug-likeness (QED) is 0.338. The molecule has 0 spiro atoms. The molecule has 1 aliphatic rings. The largest absolute Gasteiger partial charge is 0.370 e. The van der Waals surface area contributed by atoms with Crippen LogP contribution in [0.1, 0.15) is 50.1 Å². The third-order valence-corrected chi connectivity index (χ3v) is 6.47. The summed E-state index contributed by atoms with van der Waals surface area (Å²) in [5.41, 5.74) is 6.32. The van der Waals surface area contributed by atoms with Crippen LogP contribution in [-0.2, 0) is 6.42 Å². The van der Waals surface area contributed by atoms with Gasteiger partial charge in [0.1, 0.15) is 5.83 Å². The zero-order chi connectivity index (χ0) is 24.7. The van der Waals surface area contributed by atoms with E-state index >= 15 is 0 Å². The van der Waals surface area contributed by atoms with Crippen LogP contribution in [0.25, 0.3) is 5.70 Å². The van der Waals surface area contributed by atoms with Gasteiger partial charge in [0.05, 0.1) is 23.6 Å². The first kappa shape index (κ1) is 25.2. The molecule has 0 aromatic carbocycles. The molecule has 1 fully saturated rings. The lowest BCUT2D eigenvalue weighted by Crippen LogP contribution is -2.34. The highest BCUT2D eigenvalue weighted by Gasteiger charge is 2.24. The minimum atomic E-state index is -0.565. The molecule has 0 amide bonds. The molecule has 0 radical (unpaired) electrons. The molecular weight excluding hydrogens is 425 g/mol. The molecule has 1 saturated heterocycles. The van der Waals surface area contributed by atoms with E-state index in [0.717, 1.165) is 72.8 Å². The van der Waals surface area contributed by atoms with Crippen LogP contribution in [0.2, 0.25) is 0 Å². The Kier molecular flexibility index (Phi) is 8.59. The predicted molar refractivity (Wildman–Crippen MR) is 138 cm³/mol. The molecule has 1 unspecified atom stereocenters. The van der Waals surface area contributed by atoms with Gasteiger partial charge in [-0.25, -0.2) is 4.39 Å². The SMILES string of the molecule is C=C(F)/C=C(/C#N)C(C)CC1CCN(c2cc(C)ncc2NC(=C)c2cccnc2CC)CC1. The number of piperidine rings is 1. The molecule has 34 heavy (non-hydrogen) atoms. The molecule has 0 saturated carbocycles. The first-order chi connectivity index (χ1) is 16.3. The number of nitrogens with one attached hydrogen (secondary N) is 1. The number of rotatable bonds is 9. The monoisotopic (exact) mass is 459 g/mol. The van der Waals surface area contributed by atoms with Crippen molar-refractivity contribution in [2.24, 2.45) is 11.8 Å². The van der Waals surface area contributed by atoms with Gasteiger partial charge in [-0.1, -0.05) is 27.0 Å². The Hall–Kier alpha value is -3.46. The molecule has 2 aromatic rings. The van der Waals surface area contributed by atoms with Crippen LogP contribution in [0.5, 0.6) is 0 Å². The van der Waals surface area contributed by atoms with Gasteiger partial charge in [0.25, 0.3) is 0 Å². The minimum absolute atomic E-state index is 0.0185. The number of anilines is 2. The fraction of sp³-hybridized carbons (Fsp3) is 0.393. The summed E-state index contributed by atoms with van der Waals surface area (Å²) in [7, 11) is 0. The molecule has 178 valence electrons. The molecule has 1 aliphatic heterocycles. The van der Waals surface area contributed by atoms with Crippen LogP contribution in [0.3, 0.4) is 0 Å². The first-order valence-corrected chi connectivity index (χ1v) is 11.9. The van der Waals surface area contributed by atoms with Crippen molar-refractivity contribution in [2.45, 2.75) is 46.5 Å². The highest BCUT2D eigenvalue weighted by atomic mass is 19.1. The van der Waals surface area contributed by atoms with E-state index in [-0.39, 0.29) is 5.92 Å². The second-order valence-corrected chi connectivity index (χ2v) is 9.02. The van der Waals surface area contributed by atoms with Crippen molar-refractivity contribution in [1.82, 2.24) is 9.97 Å². The Balaban J connectivity index is 1.70. The average Bonchev–Trinajstić information content (AvgIpc) is 2.83. The lowest BCUT2D eigenvalue weighted by atomic mass is 9.84. The summed E-state index contributed by atoms with van der Waals surface area (Å²) < 4.78 is 13.2. The number of nitrogens with zero attached hydrogens (tertiary/aromatic N) is 4. The highest BCUT2D eigenvalue weighted by Crippen LogP contribution is 2.34. The number of halogens is 1. The maximum absolute atomic E-state index is 13.2. The van der Waals surface area contributed by atoms with Crippen LogP contribution in [0, 0.1) is 30.1 Å². The molecule has 3 rings (SSSR count). The molecule has 1 atom stereocenters. The van der Waals surface area contributed by atoms with E-state index < -0.39 is 5.83 Å². The van der Waals surface area contributed by atoms with E-state index in [9.17, 15) is 9.65 Å². The number of allylic oxidation sites excluding steroid dienone is 3. The molecule has 6 heteroatoms. The van der Waals surface area contributed by atoms with Crippen LogP contribution in [0.15, 0.2) is 61.2 Å². The van der Waals surface area contributed by atoms with Gasteiger partial charge in [-0.15, -0.1) is 0 Å². The third-order valence-electron chi connectivity index (χ3n) is 6.47. The zero-order valence-corrected chi connectivity index (χ0v) is 20.4. The lowest BCUT2D eigenvalue weighted by molar-refractivity contribution is 0.347. The van der Waals surface area contributed by atoms with Crippen molar-refractivity contribution in [3.63, 3.8) is 0 Å². The number of aromatic nitrogens is 2. The van der Waals surface area contributed by atoms with Gasteiger partial charge in [-0.2, -0.15) is 5.26 Å². The molecule has 0 bridgehead atoms. The van der Waals surface area contributed by atoms with E-state index in [1.165, 1.54) is 6.08 Å². The van der Waals surface area contributed by atoms with Crippen molar-refractivity contribution in [3.8, 4) is 6.07 Å². The Morgan fingerprint density at radius 2 is 2.09 bits per heavy atom. The topological polar surface area (TPSA) is 64.8 Å². The van der Waals surface area contributed by atoms with E-state index in [2.05, 4.69) is 52.4 Å². The summed E-state index contributed by atoms with van der Waals surface area (Å²) in [5.74, 6) is -0.0528. The molecule has 2 aromatic heterocycles. The second kappa shape index (κ2) is 11.6. The summed E-state index contributed by atoms with van der Waals surface area (Å²) in [6.45, 7) is 15.4. The van der Waals surface area contributed by atoms with Gasteiger partial charge in [-0.3, -0.25) is 9.97 Å². The smallest absolute Gasteiger partial charge is 0.117 e. The van der Waals surface area contributed by atoms with Gasteiger partial charge in [-0.05, 0) is 68.7 Å². The van der Waals surface area contributed by atoms with Gasteiger partial charge in [0.2, 0.25) is 0 Å². The average molecular weight is 460 g/mol. The summed E-state index contributed by atoms with van der Waals surface area (Å²) in [6.07, 6.45) is 8.69. The van der Waals surface area contributed by atoms with Gasteiger partial charge in [0, 0.05) is 47.5 Å². The molecule has 1 N–H and O–H groups in total. The summed E-state index contributed by atoms with van der Waals surface area (Å²) in [4.78, 5) is 11.4. The predicted octanol–water partition coefficient (Wildman–Crippen LogP) is 6.61.